The number of likely N-dealkylation sites (N-methyl/N-ethyl adjacent to an activating group) is 2. The van der Waals surface area contributed by atoms with Gasteiger partial charge >= 0.3 is 0 Å². The van der Waals surface area contributed by atoms with Gasteiger partial charge in [-0.05, 0) is 13.5 Å². The van der Waals surface area contributed by atoms with Crippen LogP contribution in [-0.4, -0.2) is 61.9 Å². The molecule has 1 atom stereocenters. The normalized spacial score (nSPS) is 21.0. The van der Waals surface area contributed by atoms with Crippen LogP contribution in [0.1, 0.15) is 6.42 Å². The molecule has 0 saturated carbocycles. The Kier molecular flexibility index (Phi) is 3.88. The Bertz CT molecular complexity index is 220. The van der Waals surface area contributed by atoms with E-state index in [1.54, 1.807) is 23.9 Å². The van der Waals surface area contributed by atoms with Gasteiger partial charge in [0, 0.05) is 20.1 Å². The summed E-state index contributed by atoms with van der Waals surface area (Å²) >= 11 is 0. The number of nitrogens with one attached hydrogen (secondary N) is 1. The molecular formula is C9H17N3O2. The molecule has 80 valence electrons. The highest BCUT2D eigenvalue weighted by Crippen LogP contribution is 2.12. The van der Waals surface area contributed by atoms with Gasteiger partial charge in [-0.1, -0.05) is 0 Å². The van der Waals surface area contributed by atoms with Crippen LogP contribution in [-0.2, 0) is 9.59 Å². The number of hydrogen-bond donors (Lipinski definition) is 1. The van der Waals surface area contributed by atoms with Crippen LogP contribution >= 0.6 is 0 Å². The van der Waals surface area contributed by atoms with Crippen molar-refractivity contribution < 1.29 is 9.59 Å². The van der Waals surface area contributed by atoms with Crippen molar-refractivity contribution in [3.63, 3.8) is 0 Å². The standard InChI is InChI=1S/C9H17N3O2/c1-10-5-9(14)11(2)8-3-4-12(6-8)7-13/h7-8,10H,3-6H2,1-2H3. The predicted octanol–water partition coefficient (Wildman–Crippen LogP) is -1.11. The lowest BCUT2D eigenvalue weighted by molar-refractivity contribution is -0.131. The van der Waals surface area contributed by atoms with E-state index in [1.165, 1.54) is 0 Å². The highest BCUT2D eigenvalue weighted by atomic mass is 16.2. The van der Waals surface area contributed by atoms with Crippen molar-refractivity contribution in [3.05, 3.63) is 0 Å². The van der Waals surface area contributed by atoms with Crippen LogP contribution in [0.2, 0.25) is 0 Å². The van der Waals surface area contributed by atoms with Crippen molar-refractivity contribution in [2.45, 2.75) is 12.5 Å². The molecule has 1 aliphatic rings. The lowest BCUT2D eigenvalue weighted by atomic mass is 10.2. The summed E-state index contributed by atoms with van der Waals surface area (Å²) in [5.41, 5.74) is 0. The van der Waals surface area contributed by atoms with Crippen LogP contribution in [0, 0.1) is 0 Å². The van der Waals surface area contributed by atoms with Gasteiger partial charge in [0.15, 0.2) is 0 Å². The monoisotopic (exact) mass is 199 g/mol. The first-order valence-corrected chi connectivity index (χ1v) is 4.78. The lowest BCUT2D eigenvalue weighted by Gasteiger charge is -2.24. The summed E-state index contributed by atoms with van der Waals surface area (Å²) < 4.78 is 0. The Balaban J connectivity index is 2.42. The minimum absolute atomic E-state index is 0.0743. The smallest absolute Gasteiger partial charge is 0.236 e. The van der Waals surface area contributed by atoms with Gasteiger partial charge in [0.25, 0.3) is 0 Å². The summed E-state index contributed by atoms with van der Waals surface area (Å²) in [5.74, 6) is 0.0743. The Morgan fingerprint density at radius 1 is 1.71 bits per heavy atom. The first-order valence-electron chi connectivity index (χ1n) is 4.78. The molecule has 1 N–H and O–H groups in total. The molecule has 1 heterocycles. The maximum Gasteiger partial charge on any atom is 0.236 e. The molecule has 1 fully saturated rings. The fraction of sp³-hybridized carbons (Fsp3) is 0.778. The zero-order valence-electron chi connectivity index (χ0n) is 8.69. The van der Waals surface area contributed by atoms with E-state index < -0.39 is 0 Å². The molecule has 0 bridgehead atoms. The predicted molar refractivity (Wildman–Crippen MR) is 52.7 cm³/mol. The van der Waals surface area contributed by atoms with E-state index in [0.29, 0.717) is 13.1 Å². The van der Waals surface area contributed by atoms with Crippen molar-refractivity contribution in [2.75, 3.05) is 33.7 Å². The molecular weight excluding hydrogens is 182 g/mol. The van der Waals surface area contributed by atoms with Gasteiger partial charge in [-0.2, -0.15) is 0 Å². The topological polar surface area (TPSA) is 52.7 Å². The fourth-order valence-corrected chi connectivity index (χ4v) is 1.66. The van der Waals surface area contributed by atoms with Crippen LogP contribution in [0.25, 0.3) is 0 Å². The minimum atomic E-state index is 0.0743. The maximum absolute atomic E-state index is 11.5. The lowest BCUT2D eigenvalue weighted by Crippen LogP contribution is -2.42. The second-order valence-corrected chi connectivity index (χ2v) is 3.58. The molecule has 0 aliphatic carbocycles. The zero-order valence-corrected chi connectivity index (χ0v) is 8.69. The molecule has 1 saturated heterocycles. The number of hydrogen-bond acceptors (Lipinski definition) is 3. The Hall–Kier alpha value is -1.10. The van der Waals surface area contributed by atoms with Gasteiger partial charge in [-0.15, -0.1) is 0 Å². The molecule has 1 rings (SSSR count). The van der Waals surface area contributed by atoms with Gasteiger partial charge in [-0.3, -0.25) is 9.59 Å². The summed E-state index contributed by atoms with van der Waals surface area (Å²) in [7, 11) is 3.54. The molecule has 1 aliphatic heterocycles. The molecule has 2 amide bonds. The fourth-order valence-electron chi connectivity index (χ4n) is 1.66. The SMILES string of the molecule is CNCC(=O)N(C)C1CCN(C=O)C1. The second-order valence-electron chi connectivity index (χ2n) is 3.58. The highest BCUT2D eigenvalue weighted by Gasteiger charge is 2.26. The maximum atomic E-state index is 11.5. The van der Waals surface area contributed by atoms with Gasteiger partial charge in [-0.25, -0.2) is 0 Å². The van der Waals surface area contributed by atoms with Crippen LogP contribution in [0.15, 0.2) is 0 Å². The first kappa shape index (κ1) is 11.0. The molecule has 0 radical (unpaired) electrons. The number of carbonyl (C=O) groups excluding carboxylic acids is 2. The molecule has 0 spiro atoms. The number of carbonyl (C=O) groups is 2. The minimum Gasteiger partial charge on any atom is -0.343 e. The second kappa shape index (κ2) is 4.95. The summed E-state index contributed by atoms with van der Waals surface area (Å²) in [6.07, 6.45) is 1.72. The van der Waals surface area contributed by atoms with Crippen LogP contribution in [0.3, 0.4) is 0 Å². The van der Waals surface area contributed by atoms with Gasteiger partial charge in [0.2, 0.25) is 12.3 Å². The summed E-state index contributed by atoms with van der Waals surface area (Å²) in [6.45, 7) is 1.77. The summed E-state index contributed by atoms with van der Waals surface area (Å²) in [5, 5.41) is 2.82. The van der Waals surface area contributed by atoms with Crippen molar-refractivity contribution in [1.82, 2.24) is 15.1 Å². The first-order chi connectivity index (χ1) is 6.69. The van der Waals surface area contributed by atoms with Crippen molar-refractivity contribution in [3.8, 4) is 0 Å². The summed E-state index contributed by atoms with van der Waals surface area (Å²) in [6, 6.07) is 0.182. The van der Waals surface area contributed by atoms with Crippen LogP contribution < -0.4 is 5.32 Å². The molecule has 0 aromatic rings. The average molecular weight is 199 g/mol. The van der Waals surface area contributed by atoms with Crippen LogP contribution in [0.4, 0.5) is 0 Å². The molecule has 5 heteroatoms. The Morgan fingerprint density at radius 2 is 2.43 bits per heavy atom. The molecule has 0 aromatic carbocycles. The molecule has 14 heavy (non-hydrogen) atoms. The van der Waals surface area contributed by atoms with Crippen molar-refractivity contribution in [1.29, 1.82) is 0 Å². The van der Waals surface area contributed by atoms with E-state index >= 15 is 0 Å². The molecule has 1 unspecified atom stereocenters. The zero-order chi connectivity index (χ0) is 10.6. The van der Waals surface area contributed by atoms with E-state index in [0.717, 1.165) is 19.4 Å². The largest absolute Gasteiger partial charge is 0.343 e. The quantitative estimate of drug-likeness (QED) is 0.584. The Morgan fingerprint density at radius 3 is 2.93 bits per heavy atom. The number of likely N-dealkylation sites (tertiary alicyclic amines) is 1. The van der Waals surface area contributed by atoms with Crippen molar-refractivity contribution in [2.24, 2.45) is 0 Å². The number of rotatable bonds is 4. The van der Waals surface area contributed by atoms with Crippen LogP contribution in [0.5, 0.6) is 0 Å². The van der Waals surface area contributed by atoms with E-state index in [2.05, 4.69) is 5.32 Å². The third-order valence-electron chi connectivity index (χ3n) is 2.61. The summed E-state index contributed by atoms with van der Waals surface area (Å²) in [4.78, 5) is 25.4. The van der Waals surface area contributed by atoms with E-state index in [-0.39, 0.29) is 11.9 Å². The number of amides is 2. The third kappa shape index (κ3) is 2.45. The highest BCUT2D eigenvalue weighted by molar-refractivity contribution is 5.78. The van der Waals surface area contributed by atoms with E-state index in [1.807, 2.05) is 0 Å². The van der Waals surface area contributed by atoms with Gasteiger partial charge in [0.05, 0.1) is 12.6 Å². The molecule has 0 aromatic heterocycles. The molecule has 5 nitrogen and oxygen atoms in total. The average Bonchev–Trinajstić information content (AvgIpc) is 2.65. The third-order valence-corrected chi connectivity index (χ3v) is 2.61. The van der Waals surface area contributed by atoms with Crippen molar-refractivity contribution >= 4 is 12.3 Å². The number of nitrogens with zero attached hydrogens (tertiary/aromatic N) is 2. The Labute approximate surface area is 84.0 Å². The van der Waals surface area contributed by atoms with Gasteiger partial charge in [0.1, 0.15) is 0 Å². The van der Waals surface area contributed by atoms with Gasteiger partial charge < -0.3 is 15.1 Å². The van der Waals surface area contributed by atoms with E-state index in [4.69, 9.17) is 0 Å². The van der Waals surface area contributed by atoms with E-state index in [9.17, 15) is 9.59 Å².